The van der Waals surface area contributed by atoms with E-state index in [0.29, 0.717) is 21.0 Å². The first-order valence-corrected chi connectivity index (χ1v) is 12.0. The molecule has 4 rings (SSSR count). The number of hydrogen-bond donors (Lipinski definition) is 1. The van der Waals surface area contributed by atoms with Crippen molar-refractivity contribution in [1.29, 1.82) is 0 Å². The predicted molar refractivity (Wildman–Crippen MR) is 139 cm³/mol. The number of carbonyl (C=O) groups excluding carboxylic acids is 1. The van der Waals surface area contributed by atoms with Gasteiger partial charge in [0.25, 0.3) is 0 Å². The molecule has 0 aliphatic carbocycles. The van der Waals surface area contributed by atoms with Crippen molar-refractivity contribution in [3.8, 4) is 10.6 Å². The number of aryl methyl sites for hydroxylation is 1. The van der Waals surface area contributed by atoms with E-state index in [1.165, 1.54) is 17.7 Å². The summed E-state index contributed by atoms with van der Waals surface area (Å²) in [6.45, 7) is 7.34. The largest absolute Gasteiger partial charge is 0.444 e. The van der Waals surface area contributed by atoms with Crippen LogP contribution in [0.25, 0.3) is 20.8 Å². The molecule has 0 radical (unpaired) electrons. The Balaban J connectivity index is 0.000000396. The highest BCUT2D eigenvalue weighted by Gasteiger charge is 2.20. The average molecular weight is 541 g/mol. The number of ether oxygens (including phenoxy) is 1. The SMILES string of the molecule is CC(C)(C)OC(=O)Nc1cc(Cl)c(-c2nc3c(F)cnc(Cl)c3s2)c(Cl)c1.Cc1ccccc1. The monoisotopic (exact) mass is 539 g/mol. The molecule has 2 aromatic carbocycles. The van der Waals surface area contributed by atoms with Crippen molar-refractivity contribution in [2.75, 3.05) is 5.32 Å². The van der Waals surface area contributed by atoms with Crippen LogP contribution in [0.2, 0.25) is 15.2 Å². The number of halogens is 4. The molecule has 0 aliphatic heterocycles. The van der Waals surface area contributed by atoms with Gasteiger partial charge in [0.1, 0.15) is 21.3 Å². The molecule has 0 unspecified atom stereocenters. The molecule has 34 heavy (non-hydrogen) atoms. The summed E-state index contributed by atoms with van der Waals surface area (Å²) in [6.07, 6.45) is 0.368. The van der Waals surface area contributed by atoms with Gasteiger partial charge >= 0.3 is 6.09 Å². The van der Waals surface area contributed by atoms with E-state index in [2.05, 4.69) is 34.3 Å². The molecule has 0 saturated heterocycles. The zero-order chi connectivity index (χ0) is 25.0. The number of thiazole rings is 1. The van der Waals surface area contributed by atoms with Crippen molar-refractivity contribution >= 4 is 68.1 Å². The second-order valence-corrected chi connectivity index (χ2v) is 10.4. The topological polar surface area (TPSA) is 64.1 Å². The lowest BCUT2D eigenvalue weighted by Gasteiger charge is -2.20. The lowest BCUT2D eigenvalue weighted by Crippen LogP contribution is -2.27. The van der Waals surface area contributed by atoms with Crippen LogP contribution in [-0.2, 0) is 4.74 Å². The molecule has 4 aromatic rings. The molecular formula is C24H21Cl3FN3O2S. The first-order chi connectivity index (χ1) is 15.9. The van der Waals surface area contributed by atoms with Crippen LogP contribution in [0, 0.1) is 12.7 Å². The molecular weight excluding hydrogens is 520 g/mol. The predicted octanol–water partition coefficient (Wildman–Crippen LogP) is 8.80. The van der Waals surface area contributed by atoms with Crippen LogP contribution < -0.4 is 5.32 Å². The smallest absolute Gasteiger partial charge is 0.412 e. The molecule has 2 heterocycles. The molecule has 2 aromatic heterocycles. The zero-order valence-corrected chi connectivity index (χ0v) is 21.8. The molecule has 0 fully saturated rings. The van der Waals surface area contributed by atoms with Crippen LogP contribution in [0.1, 0.15) is 26.3 Å². The van der Waals surface area contributed by atoms with Gasteiger partial charge in [-0.1, -0.05) is 70.7 Å². The van der Waals surface area contributed by atoms with Gasteiger partial charge in [0.2, 0.25) is 0 Å². The lowest BCUT2D eigenvalue weighted by atomic mass is 10.2. The lowest BCUT2D eigenvalue weighted by molar-refractivity contribution is 0.0636. The summed E-state index contributed by atoms with van der Waals surface area (Å²) >= 11 is 19.8. The Morgan fingerprint density at radius 1 is 1.09 bits per heavy atom. The quantitative estimate of drug-likeness (QED) is 0.258. The van der Waals surface area contributed by atoms with Crippen LogP contribution in [-0.4, -0.2) is 21.7 Å². The fourth-order valence-corrected chi connectivity index (χ4v) is 4.83. The van der Waals surface area contributed by atoms with Gasteiger partial charge in [-0.25, -0.2) is 19.2 Å². The van der Waals surface area contributed by atoms with Gasteiger partial charge in [0.15, 0.2) is 5.82 Å². The summed E-state index contributed by atoms with van der Waals surface area (Å²) in [5, 5.41) is 3.56. The number of carbonyl (C=O) groups is 1. The van der Waals surface area contributed by atoms with Crippen molar-refractivity contribution < 1.29 is 13.9 Å². The third-order valence-corrected chi connectivity index (χ3v) is 6.25. The number of rotatable bonds is 2. The number of amides is 1. The minimum atomic E-state index is -0.643. The van der Waals surface area contributed by atoms with Gasteiger partial charge in [0, 0.05) is 11.3 Å². The Morgan fingerprint density at radius 3 is 2.21 bits per heavy atom. The third kappa shape index (κ3) is 6.79. The maximum absolute atomic E-state index is 13.9. The standard InChI is InChI=1S/C17H13Cl3FN3O2S.C7H8/c1-17(2,3)26-16(25)23-7-4-8(18)11(9(19)5-7)15-24-12-10(21)6-22-14(20)13(12)27-15;1-7-5-3-2-4-6-7/h4-6H,1-3H3,(H,23,25);2-6H,1H3. The fourth-order valence-electron chi connectivity index (χ4n) is 2.77. The summed E-state index contributed by atoms with van der Waals surface area (Å²) in [5.74, 6) is -0.590. The van der Waals surface area contributed by atoms with Gasteiger partial charge in [-0.2, -0.15) is 0 Å². The van der Waals surface area contributed by atoms with Crippen LogP contribution in [0.3, 0.4) is 0 Å². The molecule has 5 nitrogen and oxygen atoms in total. The Hall–Kier alpha value is -2.45. The third-order valence-electron chi connectivity index (χ3n) is 4.17. The summed E-state index contributed by atoms with van der Waals surface area (Å²) in [4.78, 5) is 19.9. The summed E-state index contributed by atoms with van der Waals surface area (Å²) < 4.78 is 19.5. The van der Waals surface area contributed by atoms with Crippen molar-refractivity contribution in [1.82, 2.24) is 9.97 Å². The molecule has 0 bridgehead atoms. The van der Waals surface area contributed by atoms with Crippen LogP contribution in [0.4, 0.5) is 14.9 Å². The molecule has 0 atom stereocenters. The minimum absolute atomic E-state index is 0.0955. The van der Waals surface area contributed by atoms with E-state index in [0.717, 1.165) is 17.5 Å². The number of nitrogens with one attached hydrogen (secondary N) is 1. The number of nitrogens with zero attached hydrogens (tertiary/aromatic N) is 2. The molecule has 0 spiro atoms. The Bertz CT molecular complexity index is 1260. The molecule has 1 N–H and O–H groups in total. The molecule has 0 aliphatic rings. The highest BCUT2D eigenvalue weighted by Crippen LogP contribution is 2.42. The number of aromatic nitrogens is 2. The normalized spacial score (nSPS) is 11.1. The molecule has 178 valence electrons. The maximum atomic E-state index is 13.9. The number of benzene rings is 2. The maximum Gasteiger partial charge on any atom is 0.412 e. The van der Waals surface area contributed by atoms with Crippen LogP contribution in [0.15, 0.2) is 48.7 Å². The van der Waals surface area contributed by atoms with E-state index >= 15 is 0 Å². The second kappa shape index (κ2) is 10.9. The second-order valence-electron chi connectivity index (χ2n) is 8.19. The zero-order valence-electron chi connectivity index (χ0n) is 18.7. The highest BCUT2D eigenvalue weighted by atomic mass is 35.5. The van der Waals surface area contributed by atoms with Crippen LogP contribution in [0.5, 0.6) is 0 Å². The fraction of sp³-hybridized carbons (Fsp3) is 0.208. The van der Waals surface area contributed by atoms with Crippen molar-refractivity contribution in [2.45, 2.75) is 33.3 Å². The summed E-state index contributed by atoms with van der Waals surface area (Å²) in [6, 6.07) is 13.3. The molecule has 10 heteroatoms. The molecule has 1 amide bonds. The summed E-state index contributed by atoms with van der Waals surface area (Å²) in [7, 11) is 0. The number of pyridine rings is 1. The number of fused-ring (bicyclic) bond motifs is 1. The van der Waals surface area contributed by atoms with E-state index in [1.54, 1.807) is 20.8 Å². The Labute approximate surface area is 215 Å². The Morgan fingerprint density at radius 2 is 1.71 bits per heavy atom. The van der Waals surface area contributed by atoms with Gasteiger partial charge in [-0.15, -0.1) is 11.3 Å². The average Bonchev–Trinajstić information content (AvgIpc) is 3.16. The van der Waals surface area contributed by atoms with E-state index in [9.17, 15) is 9.18 Å². The van der Waals surface area contributed by atoms with E-state index in [4.69, 9.17) is 39.5 Å². The minimum Gasteiger partial charge on any atom is -0.444 e. The van der Waals surface area contributed by atoms with E-state index in [1.807, 2.05) is 18.2 Å². The number of anilines is 1. The van der Waals surface area contributed by atoms with Crippen molar-refractivity contribution in [3.63, 3.8) is 0 Å². The van der Waals surface area contributed by atoms with Crippen LogP contribution >= 0.6 is 46.1 Å². The molecule has 0 saturated carbocycles. The van der Waals surface area contributed by atoms with Crippen molar-refractivity contribution in [3.05, 3.63) is 75.2 Å². The van der Waals surface area contributed by atoms with E-state index < -0.39 is 17.5 Å². The first kappa shape index (κ1) is 26.2. The van der Waals surface area contributed by atoms with E-state index in [-0.39, 0.29) is 20.7 Å². The van der Waals surface area contributed by atoms with Gasteiger partial charge in [0.05, 0.1) is 20.9 Å². The first-order valence-electron chi connectivity index (χ1n) is 10.1. The number of hydrogen-bond acceptors (Lipinski definition) is 5. The van der Waals surface area contributed by atoms with Gasteiger partial charge in [-0.05, 0) is 39.8 Å². The van der Waals surface area contributed by atoms with Gasteiger partial charge in [-0.3, -0.25) is 5.32 Å². The summed E-state index contributed by atoms with van der Waals surface area (Å²) in [5.41, 5.74) is 1.54. The Kier molecular flexibility index (Phi) is 8.36. The van der Waals surface area contributed by atoms with Gasteiger partial charge < -0.3 is 4.74 Å². The van der Waals surface area contributed by atoms with Crippen molar-refractivity contribution in [2.24, 2.45) is 0 Å². The highest BCUT2D eigenvalue weighted by molar-refractivity contribution is 7.22.